The highest BCUT2D eigenvalue weighted by molar-refractivity contribution is 9.10. The molecule has 0 aliphatic rings. The van der Waals surface area contributed by atoms with Gasteiger partial charge in [0, 0.05) is 18.6 Å². The van der Waals surface area contributed by atoms with Gasteiger partial charge in [0.2, 0.25) is 5.95 Å². The molecule has 32 heavy (non-hydrogen) atoms. The summed E-state index contributed by atoms with van der Waals surface area (Å²) in [5.74, 6) is 0.382. The van der Waals surface area contributed by atoms with Gasteiger partial charge in [0.1, 0.15) is 0 Å². The summed E-state index contributed by atoms with van der Waals surface area (Å²) in [5.41, 5.74) is 6.97. The first-order valence-electron chi connectivity index (χ1n) is 10.0. The minimum Gasteiger partial charge on any atom is -0.298 e. The van der Waals surface area contributed by atoms with E-state index in [0.717, 1.165) is 31.3 Å². The first-order valence-corrected chi connectivity index (χ1v) is 10.8. The third kappa shape index (κ3) is 4.03. The zero-order chi connectivity index (χ0) is 23.0. The van der Waals surface area contributed by atoms with Crippen LogP contribution in [-0.4, -0.2) is 24.9 Å². The topological polar surface area (TPSA) is 86.2 Å². The van der Waals surface area contributed by atoms with Crippen LogP contribution in [0.4, 0.5) is 5.95 Å². The van der Waals surface area contributed by atoms with E-state index in [1.807, 2.05) is 38.1 Å². The quantitative estimate of drug-likeness (QED) is 0.340. The van der Waals surface area contributed by atoms with Gasteiger partial charge in [-0.05, 0) is 42.7 Å². The lowest BCUT2D eigenvalue weighted by atomic mass is 10.1. The van der Waals surface area contributed by atoms with Gasteiger partial charge in [0.05, 0.1) is 12.8 Å². The number of hydrogen-bond donors (Lipinski definition) is 1. The highest BCUT2D eigenvalue weighted by Gasteiger charge is 2.19. The van der Waals surface area contributed by atoms with E-state index in [0.29, 0.717) is 23.7 Å². The summed E-state index contributed by atoms with van der Waals surface area (Å²) < 4.78 is 5.23. The second-order valence-electron chi connectivity index (χ2n) is 7.75. The average Bonchev–Trinajstić information content (AvgIpc) is 3.13. The number of imidazole rings is 1. The molecule has 2 heterocycles. The molecule has 0 saturated carbocycles. The number of benzene rings is 2. The molecule has 0 unspecified atom stereocenters. The standard InChI is InChI=1S/C23H23BrN6O2/c1-14-5-6-15(2)17(11-14)13-30-19-20(28(3)23(32)29(4)21(19)31)26-22(30)27-25-12-16-7-9-18(24)10-8-16/h5-12H,13H2,1-4H3,(H,26,27)/b25-12-. The van der Waals surface area contributed by atoms with Crippen LogP contribution in [0.5, 0.6) is 0 Å². The third-order valence-corrected chi connectivity index (χ3v) is 5.96. The average molecular weight is 495 g/mol. The largest absolute Gasteiger partial charge is 0.332 e. The van der Waals surface area contributed by atoms with Crippen molar-refractivity contribution in [1.82, 2.24) is 18.7 Å². The molecule has 0 aliphatic heterocycles. The van der Waals surface area contributed by atoms with Crippen LogP contribution in [0, 0.1) is 13.8 Å². The molecule has 0 atom stereocenters. The summed E-state index contributed by atoms with van der Waals surface area (Å²) in [7, 11) is 3.08. The molecular weight excluding hydrogens is 472 g/mol. The first-order chi connectivity index (χ1) is 15.3. The van der Waals surface area contributed by atoms with Crippen molar-refractivity contribution in [1.29, 1.82) is 0 Å². The molecule has 9 heteroatoms. The van der Waals surface area contributed by atoms with Crippen molar-refractivity contribution >= 4 is 39.3 Å². The van der Waals surface area contributed by atoms with E-state index >= 15 is 0 Å². The number of fused-ring (bicyclic) bond motifs is 1. The second-order valence-corrected chi connectivity index (χ2v) is 8.67. The lowest BCUT2D eigenvalue weighted by Gasteiger charge is -2.12. The van der Waals surface area contributed by atoms with E-state index in [-0.39, 0.29) is 0 Å². The summed E-state index contributed by atoms with van der Waals surface area (Å²) in [4.78, 5) is 30.0. The van der Waals surface area contributed by atoms with E-state index in [1.165, 1.54) is 11.6 Å². The fraction of sp³-hybridized carbons (Fsp3) is 0.217. The van der Waals surface area contributed by atoms with Crippen molar-refractivity contribution in [2.45, 2.75) is 20.4 Å². The number of hydrazone groups is 1. The molecule has 4 aromatic rings. The molecule has 1 N–H and O–H groups in total. The Bertz CT molecular complexity index is 1460. The smallest absolute Gasteiger partial charge is 0.298 e. The van der Waals surface area contributed by atoms with Gasteiger partial charge in [-0.1, -0.05) is 51.8 Å². The summed E-state index contributed by atoms with van der Waals surface area (Å²) in [6.45, 7) is 4.47. The number of hydrogen-bond acceptors (Lipinski definition) is 5. The van der Waals surface area contributed by atoms with Crippen molar-refractivity contribution in [3.63, 3.8) is 0 Å². The lowest BCUT2D eigenvalue weighted by molar-refractivity contribution is 0.702. The lowest BCUT2D eigenvalue weighted by Crippen LogP contribution is -2.37. The van der Waals surface area contributed by atoms with Gasteiger partial charge >= 0.3 is 5.69 Å². The van der Waals surface area contributed by atoms with Gasteiger partial charge in [-0.2, -0.15) is 10.1 Å². The van der Waals surface area contributed by atoms with Crippen LogP contribution in [0.2, 0.25) is 0 Å². The number of rotatable bonds is 5. The van der Waals surface area contributed by atoms with Crippen LogP contribution < -0.4 is 16.7 Å². The molecule has 164 valence electrons. The van der Waals surface area contributed by atoms with Crippen LogP contribution in [0.25, 0.3) is 11.2 Å². The highest BCUT2D eigenvalue weighted by atomic mass is 79.9. The summed E-state index contributed by atoms with van der Waals surface area (Å²) in [6, 6.07) is 13.9. The van der Waals surface area contributed by atoms with Crippen LogP contribution in [0.3, 0.4) is 0 Å². The minimum atomic E-state index is -0.427. The molecule has 0 saturated heterocycles. The Morgan fingerprint density at radius 1 is 1.06 bits per heavy atom. The summed E-state index contributed by atoms with van der Waals surface area (Å²) in [5, 5.41) is 4.31. The Balaban J connectivity index is 1.84. The molecule has 8 nitrogen and oxygen atoms in total. The van der Waals surface area contributed by atoms with Gasteiger partial charge in [-0.3, -0.25) is 18.5 Å². The first kappa shape index (κ1) is 21.8. The Labute approximate surface area is 193 Å². The number of aromatic nitrogens is 4. The van der Waals surface area contributed by atoms with Gasteiger partial charge in [0.15, 0.2) is 11.2 Å². The number of aryl methyl sites for hydroxylation is 3. The molecule has 0 spiro atoms. The van der Waals surface area contributed by atoms with Gasteiger partial charge < -0.3 is 0 Å². The van der Waals surface area contributed by atoms with E-state index in [1.54, 1.807) is 17.8 Å². The third-order valence-electron chi connectivity index (χ3n) is 5.43. The van der Waals surface area contributed by atoms with Crippen LogP contribution in [0.1, 0.15) is 22.3 Å². The summed E-state index contributed by atoms with van der Waals surface area (Å²) >= 11 is 3.41. The molecule has 2 aromatic heterocycles. The highest BCUT2D eigenvalue weighted by Crippen LogP contribution is 2.20. The second kappa shape index (κ2) is 8.58. The monoisotopic (exact) mass is 494 g/mol. The number of nitrogens with one attached hydrogen (secondary N) is 1. The molecule has 2 aromatic carbocycles. The Morgan fingerprint density at radius 3 is 2.50 bits per heavy atom. The normalized spacial score (nSPS) is 11.5. The van der Waals surface area contributed by atoms with Crippen molar-refractivity contribution in [3.05, 3.63) is 90.0 Å². The molecule has 0 fully saturated rings. The Hall–Kier alpha value is -3.46. The maximum Gasteiger partial charge on any atom is 0.332 e. The fourth-order valence-electron chi connectivity index (χ4n) is 3.54. The molecule has 4 rings (SSSR count). The zero-order valence-corrected chi connectivity index (χ0v) is 19.8. The maximum atomic E-state index is 13.0. The predicted octanol–water partition coefficient (Wildman–Crippen LogP) is 3.31. The van der Waals surface area contributed by atoms with Crippen molar-refractivity contribution in [2.75, 3.05) is 5.43 Å². The number of anilines is 1. The van der Waals surface area contributed by atoms with Crippen molar-refractivity contribution < 1.29 is 0 Å². The van der Waals surface area contributed by atoms with E-state index in [9.17, 15) is 9.59 Å². The maximum absolute atomic E-state index is 13.0. The number of nitrogens with zero attached hydrogens (tertiary/aromatic N) is 5. The van der Waals surface area contributed by atoms with Crippen LogP contribution >= 0.6 is 15.9 Å². The van der Waals surface area contributed by atoms with Crippen LogP contribution in [0.15, 0.2) is 61.6 Å². The molecule has 0 amide bonds. The van der Waals surface area contributed by atoms with E-state index in [2.05, 4.69) is 49.6 Å². The molecule has 0 bridgehead atoms. The Morgan fingerprint density at radius 2 is 1.78 bits per heavy atom. The van der Waals surface area contributed by atoms with E-state index < -0.39 is 11.2 Å². The SMILES string of the molecule is Cc1ccc(C)c(Cn2c(N/N=C\c3ccc(Br)cc3)nc3c2c(=O)n(C)c(=O)n3C)c1. The molecule has 0 aliphatic carbocycles. The van der Waals surface area contributed by atoms with Gasteiger partial charge in [-0.25, -0.2) is 10.2 Å². The minimum absolute atomic E-state index is 0.310. The summed E-state index contributed by atoms with van der Waals surface area (Å²) in [6.07, 6.45) is 1.67. The van der Waals surface area contributed by atoms with Crippen molar-refractivity contribution in [3.8, 4) is 0 Å². The Kier molecular flexibility index (Phi) is 5.84. The van der Waals surface area contributed by atoms with Crippen LogP contribution in [-0.2, 0) is 20.6 Å². The molecule has 0 radical (unpaired) electrons. The van der Waals surface area contributed by atoms with E-state index in [4.69, 9.17) is 0 Å². The number of halogens is 1. The van der Waals surface area contributed by atoms with Gasteiger partial charge in [-0.15, -0.1) is 0 Å². The zero-order valence-electron chi connectivity index (χ0n) is 18.3. The molecular formula is C23H23BrN6O2. The van der Waals surface area contributed by atoms with Gasteiger partial charge in [0.25, 0.3) is 5.56 Å². The van der Waals surface area contributed by atoms with Crippen molar-refractivity contribution in [2.24, 2.45) is 19.2 Å². The predicted molar refractivity (Wildman–Crippen MR) is 131 cm³/mol. The fourth-order valence-corrected chi connectivity index (χ4v) is 3.80.